The molecule has 3 rings (SSSR count). The zero-order valence-electron chi connectivity index (χ0n) is 14.6. The van der Waals surface area contributed by atoms with E-state index in [0.717, 1.165) is 6.54 Å². The molecule has 0 saturated carbocycles. The molecule has 2 heterocycles. The Morgan fingerprint density at radius 1 is 1.00 bits per heavy atom. The lowest BCUT2D eigenvalue weighted by Crippen LogP contribution is -2.30. The summed E-state index contributed by atoms with van der Waals surface area (Å²) in [6.07, 6.45) is 11.7. The number of likely N-dealkylation sites (tertiary alicyclic amines) is 1. The van der Waals surface area contributed by atoms with Crippen molar-refractivity contribution >= 4 is 16.6 Å². The average molecular weight is 313 g/mol. The maximum Gasteiger partial charge on any atom is 0.0455 e. The number of nitrogens with zero attached hydrogens (tertiary/aromatic N) is 2. The van der Waals surface area contributed by atoms with Gasteiger partial charge < -0.3 is 14.8 Å². The third kappa shape index (κ3) is 4.74. The Kier molecular flexibility index (Phi) is 5.98. The van der Waals surface area contributed by atoms with Crippen LogP contribution in [0.15, 0.2) is 30.5 Å². The van der Waals surface area contributed by atoms with E-state index in [4.69, 9.17) is 0 Å². The third-order valence-electron chi connectivity index (χ3n) is 5.14. The van der Waals surface area contributed by atoms with Gasteiger partial charge in [-0.25, -0.2) is 0 Å². The fourth-order valence-corrected chi connectivity index (χ4v) is 3.63. The van der Waals surface area contributed by atoms with Crippen molar-refractivity contribution in [2.45, 2.75) is 44.9 Å². The van der Waals surface area contributed by atoms with Gasteiger partial charge in [-0.15, -0.1) is 0 Å². The van der Waals surface area contributed by atoms with Gasteiger partial charge in [0.25, 0.3) is 0 Å². The molecule has 3 heteroatoms. The number of hydrogen-bond acceptors (Lipinski definition) is 2. The number of aromatic nitrogens is 1. The summed E-state index contributed by atoms with van der Waals surface area (Å²) in [5.41, 5.74) is 2.55. The molecule has 0 radical (unpaired) electrons. The first kappa shape index (κ1) is 16.4. The average Bonchev–Trinajstić information content (AvgIpc) is 3.06. The number of fused-ring (bicyclic) bond motifs is 1. The van der Waals surface area contributed by atoms with Crippen molar-refractivity contribution in [2.24, 2.45) is 0 Å². The highest BCUT2D eigenvalue weighted by Crippen LogP contribution is 2.21. The maximum atomic E-state index is 3.26. The number of hydrogen-bond donors (Lipinski definition) is 1. The molecule has 1 aromatic carbocycles. The summed E-state index contributed by atoms with van der Waals surface area (Å²) < 4.78 is 0. The Morgan fingerprint density at radius 3 is 2.70 bits per heavy atom. The number of H-pyrrole nitrogens is 1. The summed E-state index contributed by atoms with van der Waals surface area (Å²) in [6, 6.07) is 8.82. The second-order valence-electron chi connectivity index (χ2n) is 6.99. The van der Waals surface area contributed by atoms with Crippen LogP contribution in [-0.4, -0.2) is 43.1 Å². The first-order valence-corrected chi connectivity index (χ1v) is 9.33. The number of piperidine rings is 1. The van der Waals surface area contributed by atoms with Crippen LogP contribution in [0, 0.1) is 0 Å². The summed E-state index contributed by atoms with van der Waals surface area (Å²) in [7, 11) is 2.21. The van der Waals surface area contributed by atoms with Gasteiger partial charge in [0.1, 0.15) is 0 Å². The molecule has 1 aromatic heterocycles. The van der Waals surface area contributed by atoms with Crippen molar-refractivity contribution in [3.8, 4) is 0 Å². The molecule has 23 heavy (non-hydrogen) atoms. The molecule has 2 aromatic rings. The molecule has 0 unspecified atom stereocenters. The van der Waals surface area contributed by atoms with Crippen LogP contribution in [0.2, 0.25) is 0 Å². The molecule has 0 amide bonds. The lowest BCUT2D eigenvalue weighted by Gasteiger charge is -2.26. The molecule has 0 bridgehead atoms. The summed E-state index contributed by atoms with van der Waals surface area (Å²) in [5, 5.41) is 1.30. The highest BCUT2D eigenvalue weighted by Gasteiger charge is 2.09. The summed E-state index contributed by atoms with van der Waals surface area (Å²) in [5.74, 6) is 0. The largest absolute Gasteiger partial charge is 0.375 e. The van der Waals surface area contributed by atoms with Gasteiger partial charge >= 0.3 is 0 Å². The normalized spacial score (nSPS) is 16.0. The van der Waals surface area contributed by atoms with Crippen molar-refractivity contribution < 1.29 is 0 Å². The van der Waals surface area contributed by atoms with E-state index in [-0.39, 0.29) is 0 Å². The van der Waals surface area contributed by atoms with Crippen molar-refractivity contribution in [1.29, 1.82) is 0 Å². The minimum atomic E-state index is 1.15. The van der Waals surface area contributed by atoms with Gasteiger partial charge in [0.05, 0.1) is 0 Å². The van der Waals surface area contributed by atoms with Gasteiger partial charge in [-0.2, -0.15) is 0 Å². The van der Waals surface area contributed by atoms with Crippen LogP contribution in [0.3, 0.4) is 0 Å². The van der Waals surface area contributed by atoms with Crippen LogP contribution in [0.25, 0.3) is 10.9 Å². The van der Waals surface area contributed by atoms with E-state index in [2.05, 4.69) is 46.1 Å². The Balaban J connectivity index is 1.32. The Morgan fingerprint density at radius 2 is 1.83 bits per heavy atom. The van der Waals surface area contributed by atoms with Crippen LogP contribution in [-0.2, 0) is 0 Å². The fourth-order valence-electron chi connectivity index (χ4n) is 3.63. The van der Waals surface area contributed by atoms with Crippen LogP contribution < -0.4 is 4.90 Å². The Labute approximate surface area is 140 Å². The van der Waals surface area contributed by atoms with E-state index in [1.54, 1.807) is 0 Å². The lowest BCUT2D eigenvalue weighted by atomic mass is 10.1. The molecule has 1 aliphatic heterocycles. The van der Waals surface area contributed by atoms with Crippen molar-refractivity contribution in [1.82, 2.24) is 9.88 Å². The third-order valence-corrected chi connectivity index (χ3v) is 5.14. The molecule has 1 fully saturated rings. The number of nitrogens with one attached hydrogen (secondary N) is 1. The van der Waals surface area contributed by atoms with E-state index in [9.17, 15) is 0 Å². The SMILES string of the molecule is CN(CCCCCCN1CCCCC1)c1ccc2[nH]ccc2c1. The van der Waals surface area contributed by atoms with E-state index in [1.165, 1.54) is 81.2 Å². The quantitative estimate of drug-likeness (QED) is 0.717. The Hall–Kier alpha value is -1.48. The summed E-state index contributed by atoms with van der Waals surface area (Å²) in [6.45, 7) is 5.15. The topological polar surface area (TPSA) is 22.3 Å². The van der Waals surface area contributed by atoms with E-state index < -0.39 is 0 Å². The molecular formula is C20H31N3. The smallest absolute Gasteiger partial charge is 0.0455 e. The molecule has 0 atom stereocenters. The minimum Gasteiger partial charge on any atom is -0.375 e. The molecule has 3 nitrogen and oxygen atoms in total. The van der Waals surface area contributed by atoms with Gasteiger partial charge in [0.2, 0.25) is 0 Å². The number of unbranched alkanes of at least 4 members (excludes halogenated alkanes) is 3. The zero-order chi connectivity index (χ0) is 15.9. The summed E-state index contributed by atoms with van der Waals surface area (Å²) >= 11 is 0. The predicted molar refractivity (Wildman–Crippen MR) is 100 cm³/mol. The second-order valence-corrected chi connectivity index (χ2v) is 6.99. The van der Waals surface area contributed by atoms with E-state index >= 15 is 0 Å². The monoisotopic (exact) mass is 313 g/mol. The maximum absolute atomic E-state index is 3.26. The van der Waals surface area contributed by atoms with Crippen molar-refractivity contribution in [3.05, 3.63) is 30.5 Å². The molecule has 0 spiro atoms. The highest BCUT2D eigenvalue weighted by atomic mass is 15.1. The standard InChI is InChI=1S/C20H31N3/c1-22(19-9-10-20-18(17-19)11-12-21-20)13-5-2-3-6-14-23-15-7-4-8-16-23/h9-12,17,21H,2-8,13-16H2,1H3. The van der Waals surface area contributed by atoms with E-state index in [0.29, 0.717) is 0 Å². The molecule has 1 aliphatic rings. The molecule has 126 valence electrons. The number of anilines is 1. The first-order valence-electron chi connectivity index (χ1n) is 9.33. The van der Waals surface area contributed by atoms with Crippen LogP contribution in [0.1, 0.15) is 44.9 Å². The van der Waals surface area contributed by atoms with Gasteiger partial charge in [-0.1, -0.05) is 19.3 Å². The van der Waals surface area contributed by atoms with Gasteiger partial charge in [-0.3, -0.25) is 0 Å². The van der Waals surface area contributed by atoms with Crippen molar-refractivity contribution in [2.75, 3.05) is 38.1 Å². The van der Waals surface area contributed by atoms with Crippen LogP contribution >= 0.6 is 0 Å². The molecule has 0 aliphatic carbocycles. The zero-order valence-corrected chi connectivity index (χ0v) is 14.6. The number of aromatic amines is 1. The van der Waals surface area contributed by atoms with Crippen molar-refractivity contribution in [3.63, 3.8) is 0 Å². The van der Waals surface area contributed by atoms with Gasteiger partial charge in [-0.05, 0) is 69.6 Å². The molecule has 1 N–H and O–H groups in total. The molecular weight excluding hydrogens is 282 g/mol. The summed E-state index contributed by atoms with van der Waals surface area (Å²) in [4.78, 5) is 8.30. The van der Waals surface area contributed by atoms with Gasteiger partial charge in [0.15, 0.2) is 0 Å². The van der Waals surface area contributed by atoms with Gasteiger partial charge in [0, 0.05) is 36.4 Å². The predicted octanol–water partition coefficient (Wildman–Crippen LogP) is 4.65. The number of rotatable bonds is 8. The Bertz CT molecular complexity index is 583. The van der Waals surface area contributed by atoms with Crippen LogP contribution in [0.5, 0.6) is 0 Å². The second kappa shape index (κ2) is 8.39. The first-order chi connectivity index (χ1) is 11.3. The lowest BCUT2D eigenvalue weighted by molar-refractivity contribution is 0.224. The minimum absolute atomic E-state index is 1.15. The fraction of sp³-hybridized carbons (Fsp3) is 0.600. The van der Waals surface area contributed by atoms with E-state index in [1.807, 2.05) is 6.20 Å². The number of benzene rings is 1. The molecule has 1 saturated heterocycles. The highest BCUT2D eigenvalue weighted by molar-refractivity contribution is 5.83. The van der Waals surface area contributed by atoms with Crippen LogP contribution in [0.4, 0.5) is 5.69 Å².